The van der Waals surface area contributed by atoms with Gasteiger partial charge in [0.2, 0.25) is 0 Å². The molecule has 0 bridgehead atoms. The summed E-state index contributed by atoms with van der Waals surface area (Å²) in [6.45, 7) is 0. The van der Waals surface area contributed by atoms with E-state index in [-0.39, 0.29) is 5.91 Å². The second kappa shape index (κ2) is 3.33. The van der Waals surface area contributed by atoms with Crippen molar-refractivity contribution in [2.75, 3.05) is 5.73 Å². The number of carbonyl (C=O) groups excluding carboxylic acids is 1. The summed E-state index contributed by atoms with van der Waals surface area (Å²) in [5.74, 6) is -0.109. The minimum absolute atomic E-state index is 0.109. The molecule has 0 aliphatic rings. The molecule has 0 spiro atoms. The highest BCUT2D eigenvalue weighted by Gasteiger charge is 2.06. The van der Waals surface area contributed by atoms with Crippen molar-refractivity contribution >= 4 is 11.6 Å². The third-order valence-corrected chi connectivity index (χ3v) is 1.90. The molecule has 2 N–H and O–H groups in total. The van der Waals surface area contributed by atoms with E-state index in [1.165, 1.54) is 10.9 Å². The summed E-state index contributed by atoms with van der Waals surface area (Å²) in [5, 5.41) is 0. The molecular formula is C10H9N3O. The Morgan fingerprint density at radius 1 is 1.29 bits per heavy atom. The van der Waals surface area contributed by atoms with E-state index in [0.29, 0.717) is 11.3 Å². The molecule has 0 fully saturated rings. The summed E-state index contributed by atoms with van der Waals surface area (Å²) in [6, 6.07) is 6.78. The van der Waals surface area contributed by atoms with Crippen molar-refractivity contribution < 1.29 is 4.79 Å². The van der Waals surface area contributed by atoms with E-state index >= 15 is 0 Å². The van der Waals surface area contributed by atoms with Gasteiger partial charge in [0, 0.05) is 23.6 Å². The topological polar surface area (TPSA) is 60.9 Å². The fraction of sp³-hybridized carbons (Fsp3) is 0. The highest BCUT2D eigenvalue weighted by molar-refractivity contribution is 5.96. The number of imidazole rings is 1. The third-order valence-electron chi connectivity index (χ3n) is 1.90. The predicted octanol–water partition coefficient (Wildman–Crippen LogP) is 1.15. The Balaban J connectivity index is 2.33. The van der Waals surface area contributed by atoms with Crippen LogP contribution in [0.1, 0.15) is 10.4 Å². The molecule has 4 nitrogen and oxygen atoms in total. The first-order valence-corrected chi connectivity index (χ1v) is 4.15. The molecule has 1 heterocycles. The van der Waals surface area contributed by atoms with E-state index < -0.39 is 0 Å². The van der Waals surface area contributed by atoms with Crippen LogP contribution < -0.4 is 5.73 Å². The zero-order valence-electron chi connectivity index (χ0n) is 7.42. The molecule has 4 heteroatoms. The molecule has 1 aromatic carbocycles. The third kappa shape index (κ3) is 1.50. The Bertz CT molecular complexity index is 431. The van der Waals surface area contributed by atoms with Gasteiger partial charge in [-0.3, -0.25) is 9.36 Å². The number of anilines is 1. The number of benzene rings is 1. The normalized spacial score (nSPS) is 10.0. The van der Waals surface area contributed by atoms with Crippen molar-refractivity contribution in [1.29, 1.82) is 0 Å². The summed E-state index contributed by atoms with van der Waals surface area (Å²) >= 11 is 0. The van der Waals surface area contributed by atoms with Crippen LogP contribution >= 0.6 is 0 Å². The molecule has 1 aromatic heterocycles. The first kappa shape index (κ1) is 8.50. The molecule has 2 rings (SSSR count). The Labute approximate surface area is 81.0 Å². The molecule has 0 atom stereocenters. The van der Waals surface area contributed by atoms with Crippen molar-refractivity contribution in [3.63, 3.8) is 0 Å². The van der Waals surface area contributed by atoms with Crippen molar-refractivity contribution in [3.05, 3.63) is 48.5 Å². The van der Waals surface area contributed by atoms with Crippen LogP contribution in [0.5, 0.6) is 0 Å². The van der Waals surface area contributed by atoms with E-state index in [0.717, 1.165) is 0 Å². The molecule has 0 unspecified atom stereocenters. The number of nitrogen functional groups attached to an aromatic ring is 1. The molecule has 70 valence electrons. The van der Waals surface area contributed by atoms with Gasteiger partial charge in [0.1, 0.15) is 6.33 Å². The van der Waals surface area contributed by atoms with Gasteiger partial charge >= 0.3 is 0 Å². The van der Waals surface area contributed by atoms with Gasteiger partial charge < -0.3 is 5.73 Å². The lowest BCUT2D eigenvalue weighted by Gasteiger charge is -2.00. The zero-order valence-corrected chi connectivity index (χ0v) is 7.42. The van der Waals surface area contributed by atoms with Crippen molar-refractivity contribution in [1.82, 2.24) is 9.55 Å². The predicted molar refractivity (Wildman–Crippen MR) is 52.8 cm³/mol. The van der Waals surface area contributed by atoms with E-state index in [4.69, 9.17) is 5.73 Å². The maximum Gasteiger partial charge on any atom is 0.263 e. The van der Waals surface area contributed by atoms with Gasteiger partial charge in [0.25, 0.3) is 5.91 Å². The lowest BCUT2D eigenvalue weighted by atomic mass is 10.2. The smallest absolute Gasteiger partial charge is 0.263 e. The van der Waals surface area contributed by atoms with Crippen LogP contribution in [0.4, 0.5) is 5.69 Å². The molecule has 0 aliphatic heterocycles. The molecule has 14 heavy (non-hydrogen) atoms. The first-order valence-electron chi connectivity index (χ1n) is 4.15. The van der Waals surface area contributed by atoms with Gasteiger partial charge in [-0.1, -0.05) is 0 Å². The SMILES string of the molecule is Nc1ccc(C(=O)n2ccnc2)cc1. The van der Waals surface area contributed by atoms with Crippen LogP contribution in [0, 0.1) is 0 Å². The first-order chi connectivity index (χ1) is 6.77. The van der Waals surface area contributed by atoms with Crippen molar-refractivity contribution in [2.24, 2.45) is 0 Å². The van der Waals surface area contributed by atoms with Gasteiger partial charge in [0.05, 0.1) is 0 Å². The number of hydrogen-bond donors (Lipinski definition) is 1. The lowest BCUT2D eigenvalue weighted by molar-refractivity contribution is 0.0960. The molecule has 0 amide bonds. The number of rotatable bonds is 1. The van der Waals surface area contributed by atoms with Gasteiger partial charge in [-0.15, -0.1) is 0 Å². The zero-order chi connectivity index (χ0) is 9.97. The minimum Gasteiger partial charge on any atom is -0.399 e. The molecule has 0 radical (unpaired) electrons. The van der Waals surface area contributed by atoms with Gasteiger partial charge in [-0.25, -0.2) is 4.98 Å². The Morgan fingerprint density at radius 3 is 2.57 bits per heavy atom. The van der Waals surface area contributed by atoms with Gasteiger partial charge in [-0.2, -0.15) is 0 Å². The van der Waals surface area contributed by atoms with E-state index in [1.807, 2.05) is 0 Å². The average Bonchev–Trinajstić information content (AvgIpc) is 2.71. The quantitative estimate of drug-likeness (QED) is 0.681. The summed E-state index contributed by atoms with van der Waals surface area (Å²) in [7, 11) is 0. The average molecular weight is 187 g/mol. The van der Waals surface area contributed by atoms with Crippen molar-refractivity contribution in [2.45, 2.75) is 0 Å². The number of hydrogen-bond acceptors (Lipinski definition) is 3. The van der Waals surface area contributed by atoms with Crippen LogP contribution in [0.3, 0.4) is 0 Å². The highest BCUT2D eigenvalue weighted by Crippen LogP contribution is 2.07. The van der Waals surface area contributed by atoms with Gasteiger partial charge in [0.15, 0.2) is 0 Å². The Hall–Kier alpha value is -2.10. The number of carbonyl (C=O) groups is 1. The van der Waals surface area contributed by atoms with E-state index in [2.05, 4.69) is 4.98 Å². The maximum absolute atomic E-state index is 11.7. The van der Waals surface area contributed by atoms with E-state index in [9.17, 15) is 4.79 Å². The second-order valence-corrected chi connectivity index (χ2v) is 2.90. The van der Waals surface area contributed by atoms with Crippen LogP contribution in [-0.2, 0) is 0 Å². The molecule has 0 saturated carbocycles. The summed E-state index contributed by atoms with van der Waals surface area (Å²) in [6.07, 6.45) is 4.65. The van der Waals surface area contributed by atoms with Crippen LogP contribution in [0.25, 0.3) is 0 Å². The number of nitrogens with two attached hydrogens (primary N) is 1. The van der Waals surface area contributed by atoms with Crippen LogP contribution in [-0.4, -0.2) is 15.5 Å². The van der Waals surface area contributed by atoms with Crippen LogP contribution in [0.2, 0.25) is 0 Å². The van der Waals surface area contributed by atoms with E-state index in [1.54, 1.807) is 36.7 Å². The second-order valence-electron chi connectivity index (χ2n) is 2.90. The highest BCUT2D eigenvalue weighted by atomic mass is 16.2. The Morgan fingerprint density at radius 2 is 2.00 bits per heavy atom. The fourth-order valence-corrected chi connectivity index (χ4v) is 1.15. The van der Waals surface area contributed by atoms with Crippen molar-refractivity contribution in [3.8, 4) is 0 Å². The number of aromatic nitrogens is 2. The monoisotopic (exact) mass is 187 g/mol. The standard InChI is InChI=1S/C10H9N3O/c11-9-3-1-8(2-4-9)10(14)13-6-5-12-7-13/h1-7H,11H2. The lowest BCUT2D eigenvalue weighted by Crippen LogP contribution is -2.09. The summed E-state index contributed by atoms with van der Waals surface area (Å²) in [5.41, 5.74) is 6.76. The molecule has 0 saturated heterocycles. The Kier molecular flexibility index (Phi) is 2.02. The maximum atomic E-state index is 11.7. The summed E-state index contributed by atoms with van der Waals surface area (Å²) < 4.78 is 1.42. The van der Waals surface area contributed by atoms with Crippen LogP contribution in [0.15, 0.2) is 43.0 Å². The summed E-state index contributed by atoms with van der Waals surface area (Å²) in [4.78, 5) is 15.5. The van der Waals surface area contributed by atoms with Gasteiger partial charge in [-0.05, 0) is 24.3 Å². The molecular weight excluding hydrogens is 178 g/mol. The largest absolute Gasteiger partial charge is 0.399 e. The minimum atomic E-state index is -0.109. The number of nitrogens with zero attached hydrogens (tertiary/aromatic N) is 2. The molecule has 2 aromatic rings. The fourth-order valence-electron chi connectivity index (χ4n) is 1.15. The molecule has 0 aliphatic carbocycles.